The molecular formula is C26H41N9O3. The lowest BCUT2D eigenvalue weighted by Gasteiger charge is -2.19. The minimum absolute atomic E-state index is 0.166. The lowest BCUT2D eigenvalue weighted by atomic mass is 10.2. The highest BCUT2D eigenvalue weighted by Gasteiger charge is 2.43. The van der Waals surface area contributed by atoms with Gasteiger partial charge in [0.2, 0.25) is 11.9 Å². The van der Waals surface area contributed by atoms with Crippen LogP contribution in [0.4, 0.5) is 11.8 Å². The molecule has 3 aromatic heterocycles. The zero-order chi connectivity index (χ0) is 27.4. The number of aliphatic hydroxyl groups is 2. The quantitative estimate of drug-likeness (QED) is 0.239. The van der Waals surface area contributed by atoms with Crippen LogP contribution in [-0.2, 0) is 11.2 Å². The first-order valence-electron chi connectivity index (χ1n) is 13.7. The Morgan fingerprint density at radius 2 is 1.87 bits per heavy atom. The molecule has 1 aliphatic carbocycles. The van der Waals surface area contributed by atoms with Gasteiger partial charge in [-0.1, -0.05) is 20.8 Å². The predicted molar refractivity (Wildman–Crippen MR) is 146 cm³/mol. The number of aromatic nitrogens is 6. The molecule has 0 aliphatic heterocycles. The van der Waals surface area contributed by atoms with E-state index in [0.29, 0.717) is 54.8 Å². The van der Waals surface area contributed by atoms with Crippen LogP contribution < -0.4 is 16.0 Å². The number of aliphatic hydroxyl groups excluding tert-OH is 2. The molecule has 0 radical (unpaired) electrons. The van der Waals surface area contributed by atoms with Gasteiger partial charge in [-0.2, -0.15) is 9.97 Å². The van der Waals surface area contributed by atoms with E-state index < -0.39 is 24.3 Å². The molecule has 4 atom stereocenters. The standard InChI is InChI=1S/C26H41N9O3/c1-6-16(7-2)30-24-21-25(33-26(32-24)27-10-9-17-12-34(13-28-17)15(4)5)35(14-29-21)19-11-18(22(37)23(19)38)31-20(36)8-3/h12-16,18-19,22-23,37-38H,6-11H2,1-5H3,(H,31,36)(H2,27,30,32,33)/t18-,19?,22+,23-/m0/s1. The first kappa shape index (κ1) is 27.8. The van der Waals surface area contributed by atoms with Gasteiger partial charge in [0.25, 0.3) is 0 Å². The zero-order valence-electron chi connectivity index (χ0n) is 22.9. The summed E-state index contributed by atoms with van der Waals surface area (Å²) in [6, 6.07) is -0.472. The van der Waals surface area contributed by atoms with Gasteiger partial charge in [-0.25, -0.2) is 9.97 Å². The Hall–Kier alpha value is -3.25. The molecular weight excluding hydrogens is 486 g/mol. The summed E-state index contributed by atoms with van der Waals surface area (Å²) < 4.78 is 3.86. The average molecular weight is 528 g/mol. The fraction of sp³-hybridized carbons (Fsp3) is 0.654. The number of anilines is 2. The average Bonchev–Trinajstić information content (AvgIpc) is 3.62. The maximum absolute atomic E-state index is 11.9. The van der Waals surface area contributed by atoms with E-state index in [1.165, 1.54) is 0 Å². The molecule has 1 aliphatic rings. The maximum atomic E-state index is 11.9. The van der Waals surface area contributed by atoms with E-state index >= 15 is 0 Å². The van der Waals surface area contributed by atoms with Crippen LogP contribution in [0.25, 0.3) is 11.2 Å². The van der Waals surface area contributed by atoms with Crippen LogP contribution >= 0.6 is 0 Å². The van der Waals surface area contributed by atoms with Crippen LogP contribution in [0.1, 0.15) is 78.1 Å². The first-order valence-corrected chi connectivity index (χ1v) is 13.7. The number of fused-ring (bicyclic) bond motifs is 1. The number of hydrogen-bond acceptors (Lipinski definition) is 9. The summed E-state index contributed by atoms with van der Waals surface area (Å²) in [6.07, 6.45) is 6.59. The second-order valence-corrected chi connectivity index (χ2v) is 10.3. The Morgan fingerprint density at radius 1 is 1.11 bits per heavy atom. The number of imidazole rings is 2. The highest BCUT2D eigenvalue weighted by atomic mass is 16.3. The Labute approximate surface area is 223 Å². The van der Waals surface area contributed by atoms with Gasteiger partial charge in [0.15, 0.2) is 17.0 Å². The number of nitrogens with one attached hydrogen (secondary N) is 3. The monoisotopic (exact) mass is 527 g/mol. The van der Waals surface area contributed by atoms with E-state index in [2.05, 4.69) is 58.2 Å². The normalized spacial score (nSPS) is 21.5. The molecule has 1 unspecified atom stereocenters. The highest BCUT2D eigenvalue weighted by Crippen LogP contribution is 2.34. The molecule has 0 spiro atoms. The third-order valence-corrected chi connectivity index (χ3v) is 7.34. The topological polar surface area (TPSA) is 155 Å². The molecule has 0 saturated heterocycles. The molecule has 0 bridgehead atoms. The van der Waals surface area contributed by atoms with Gasteiger partial charge in [-0.3, -0.25) is 4.79 Å². The Kier molecular flexibility index (Phi) is 8.83. The van der Waals surface area contributed by atoms with Crippen LogP contribution in [0.15, 0.2) is 18.9 Å². The molecule has 1 saturated carbocycles. The molecule has 3 aromatic rings. The molecule has 3 heterocycles. The van der Waals surface area contributed by atoms with Crippen molar-refractivity contribution in [1.29, 1.82) is 0 Å². The van der Waals surface area contributed by atoms with E-state index in [0.717, 1.165) is 18.5 Å². The summed E-state index contributed by atoms with van der Waals surface area (Å²) in [5, 5.41) is 31.2. The molecule has 12 heteroatoms. The van der Waals surface area contributed by atoms with Gasteiger partial charge in [0.05, 0.1) is 30.4 Å². The van der Waals surface area contributed by atoms with E-state index in [4.69, 9.17) is 9.97 Å². The number of hydrogen-bond donors (Lipinski definition) is 5. The summed E-state index contributed by atoms with van der Waals surface area (Å²) in [5.41, 5.74) is 2.13. The van der Waals surface area contributed by atoms with E-state index in [1.54, 1.807) is 17.8 Å². The van der Waals surface area contributed by atoms with E-state index in [1.807, 2.05) is 12.5 Å². The van der Waals surface area contributed by atoms with Crippen molar-refractivity contribution < 1.29 is 15.0 Å². The number of amides is 1. The largest absolute Gasteiger partial charge is 0.388 e. The Morgan fingerprint density at radius 3 is 2.53 bits per heavy atom. The second kappa shape index (κ2) is 12.1. The Balaban J connectivity index is 1.61. The molecule has 1 amide bonds. The Bertz CT molecular complexity index is 1220. The second-order valence-electron chi connectivity index (χ2n) is 10.3. The third-order valence-electron chi connectivity index (χ3n) is 7.34. The van der Waals surface area contributed by atoms with Gasteiger partial charge in [-0.05, 0) is 33.1 Å². The fourth-order valence-corrected chi connectivity index (χ4v) is 4.85. The van der Waals surface area contributed by atoms with Gasteiger partial charge in [0.1, 0.15) is 12.2 Å². The minimum atomic E-state index is -1.08. The smallest absolute Gasteiger partial charge is 0.226 e. The lowest BCUT2D eigenvalue weighted by molar-refractivity contribution is -0.122. The highest BCUT2D eigenvalue weighted by molar-refractivity contribution is 5.84. The van der Waals surface area contributed by atoms with Crippen molar-refractivity contribution in [1.82, 2.24) is 34.4 Å². The maximum Gasteiger partial charge on any atom is 0.226 e. The lowest BCUT2D eigenvalue weighted by Crippen LogP contribution is -2.42. The number of rotatable bonds is 12. The summed E-state index contributed by atoms with van der Waals surface area (Å²) in [4.78, 5) is 30.5. The third kappa shape index (κ3) is 5.91. The molecule has 0 aromatic carbocycles. The molecule has 4 rings (SSSR count). The van der Waals surface area contributed by atoms with E-state index in [9.17, 15) is 15.0 Å². The van der Waals surface area contributed by atoms with Crippen LogP contribution in [-0.4, -0.2) is 76.0 Å². The molecule has 38 heavy (non-hydrogen) atoms. The summed E-state index contributed by atoms with van der Waals surface area (Å²) in [7, 11) is 0. The van der Waals surface area contributed by atoms with Gasteiger partial charge in [0, 0.05) is 37.7 Å². The SMILES string of the molecule is CCC(=O)N[C@H]1CC(n2cnc3c(NC(CC)CC)nc(NCCc4cn(C(C)C)cn4)nc32)[C@H](O)[C@@H]1O. The molecule has 5 N–H and O–H groups in total. The van der Waals surface area contributed by atoms with Crippen molar-refractivity contribution >= 4 is 28.8 Å². The number of carbonyl (C=O) groups excluding carboxylic acids is 1. The van der Waals surface area contributed by atoms with Gasteiger partial charge < -0.3 is 35.3 Å². The number of carbonyl (C=O) groups is 1. The summed E-state index contributed by atoms with van der Waals surface area (Å²) in [6.45, 7) is 10.8. The van der Waals surface area contributed by atoms with Gasteiger partial charge in [-0.15, -0.1) is 0 Å². The van der Waals surface area contributed by atoms with Crippen molar-refractivity contribution in [3.05, 3.63) is 24.5 Å². The fourth-order valence-electron chi connectivity index (χ4n) is 4.85. The van der Waals surface area contributed by atoms with Crippen LogP contribution in [0, 0.1) is 0 Å². The summed E-state index contributed by atoms with van der Waals surface area (Å²) in [5.74, 6) is 0.902. The van der Waals surface area contributed by atoms with Crippen molar-refractivity contribution in [2.24, 2.45) is 0 Å². The number of nitrogens with zero attached hydrogens (tertiary/aromatic N) is 6. The van der Waals surface area contributed by atoms with Crippen molar-refractivity contribution in [2.45, 2.75) is 103 Å². The van der Waals surface area contributed by atoms with E-state index in [-0.39, 0.29) is 11.9 Å². The predicted octanol–water partition coefficient (Wildman–Crippen LogP) is 2.42. The van der Waals surface area contributed by atoms with Crippen LogP contribution in [0.5, 0.6) is 0 Å². The van der Waals surface area contributed by atoms with Crippen LogP contribution in [0.2, 0.25) is 0 Å². The molecule has 208 valence electrons. The van der Waals surface area contributed by atoms with Crippen molar-refractivity contribution in [3.63, 3.8) is 0 Å². The zero-order valence-corrected chi connectivity index (χ0v) is 22.9. The summed E-state index contributed by atoms with van der Waals surface area (Å²) >= 11 is 0. The minimum Gasteiger partial charge on any atom is -0.388 e. The van der Waals surface area contributed by atoms with Crippen molar-refractivity contribution in [2.75, 3.05) is 17.2 Å². The molecule has 12 nitrogen and oxygen atoms in total. The van der Waals surface area contributed by atoms with Crippen molar-refractivity contribution in [3.8, 4) is 0 Å². The molecule has 1 fully saturated rings. The first-order chi connectivity index (χ1) is 18.2. The van der Waals surface area contributed by atoms with Gasteiger partial charge >= 0.3 is 0 Å². The van der Waals surface area contributed by atoms with Crippen LogP contribution in [0.3, 0.4) is 0 Å².